The molecule has 3 N–H and O–H groups in total. The molecule has 0 bridgehead atoms. The Kier molecular flexibility index (Phi) is 4.26. The predicted octanol–water partition coefficient (Wildman–Crippen LogP) is 3.45. The lowest BCUT2D eigenvalue weighted by atomic mass is 10.1. The summed E-state index contributed by atoms with van der Waals surface area (Å²) in [5.74, 6) is 1.23. The van der Waals surface area contributed by atoms with Crippen molar-refractivity contribution in [2.45, 2.75) is 50.7 Å². The standard InChI is InChI=1S/C19H23N3O2/c23-16-11-18(22-14-6-3-1-2-4-7-14)24-17(16)10-13-12-21-19-15(13)8-5-9-20-19/h5,8-12,14,16,22-23H,1-4,6-7H2,(H,20,21)/b17-10-. The van der Waals surface area contributed by atoms with Crippen LogP contribution in [0.4, 0.5) is 0 Å². The fourth-order valence-corrected chi connectivity index (χ4v) is 3.51. The number of pyridine rings is 1. The van der Waals surface area contributed by atoms with Crippen molar-refractivity contribution in [1.29, 1.82) is 0 Å². The van der Waals surface area contributed by atoms with Gasteiger partial charge in [0.15, 0.2) is 5.88 Å². The Morgan fingerprint density at radius 1 is 1.25 bits per heavy atom. The van der Waals surface area contributed by atoms with Crippen LogP contribution < -0.4 is 5.32 Å². The Morgan fingerprint density at radius 2 is 2.08 bits per heavy atom. The maximum absolute atomic E-state index is 10.3. The monoisotopic (exact) mass is 325 g/mol. The highest BCUT2D eigenvalue weighted by molar-refractivity contribution is 5.86. The number of aliphatic hydroxyl groups excluding tert-OH is 1. The van der Waals surface area contributed by atoms with E-state index in [-0.39, 0.29) is 0 Å². The minimum atomic E-state index is -0.708. The van der Waals surface area contributed by atoms with Crippen molar-refractivity contribution in [3.63, 3.8) is 0 Å². The molecule has 1 saturated carbocycles. The number of aromatic nitrogens is 2. The van der Waals surface area contributed by atoms with Crippen molar-refractivity contribution < 1.29 is 9.84 Å². The molecule has 2 aliphatic rings. The number of nitrogens with one attached hydrogen (secondary N) is 2. The smallest absolute Gasteiger partial charge is 0.192 e. The van der Waals surface area contributed by atoms with Gasteiger partial charge in [-0.05, 0) is 31.1 Å². The predicted molar refractivity (Wildman–Crippen MR) is 93.9 cm³/mol. The third kappa shape index (κ3) is 3.17. The molecule has 5 nitrogen and oxygen atoms in total. The zero-order valence-corrected chi connectivity index (χ0v) is 13.7. The average Bonchev–Trinajstić information content (AvgIpc) is 3.03. The van der Waals surface area contributed by atoms with Gasteiger partial charge in [0.1, 0.15) is 17.5 Å². The molecule has 1 atom stereocenters. The largest absolute Gasteiger partial charge is 0.443 e. The number of fused-ring (bicyclic) bond motifs is 1. The van der Waals surface area contributed by atoms with Crippen LogP contribution in [0.1, 0.15) is 44.1 Å². The van der Waals surface area contributed by atoms with Gasteiger partial charge in [-0.3, -0.25) is 0 Å². The molecule has 0 saturated heterocycles. The number of aromatic amines is 1. The van der Waals surface area contributed by atoms with Gasteiger partial charge in [0.2, 0.25) is 0 Å². The van der Waals surface area contributed by atoms with E-state index in [0.717, 1.165) is 16.6 Å². The highest BCUT2D eigenvalue weighted by Gasteiger charge is 2.24. The van der Waals surface area contributed by atoms with Gasteiger partial charge < -0.3 is 20.1 Å². The van der Waals surface area contributed by atoms with Crippen molar-refractivity contribution >= 4 is 17.1 Å². The van der Waals surface area contributed by atoms with Crippen molar-refractivity contribution in [2.24, 2.45) is 0 Å². The number of ether oxygens (including phenoxy) is 1. The molecular weight excluding hydrogens is 302 g/mol. The molecule has 1 fully saturated rings. The van der Waals surface area contributed by atoms with E-state index in [1.165, 1.54) is 38.5 Å². The van der Waals surface area contributed by atoms with E-state index in [2.05, 4.69) is 15.3 Å². The van der Waals surface area contributed by atoms with Gasteiger partial charge in [-0.25, -0.2) is 4.98 Å². The lowest BCUT2D eigenvalue weighted by Crippen LogP contribution is -2.27. The number of hydrogen-bond donors (Lipinski definition) is 3. The summed E-state index contributed by atoms with van der Waals surface area (Å²) in [4.78, 5) is 7.42. The minimum Gasteiger partial charge on any atom is -0.443 e. The summed E-state index contributed by atoms with van der Waals surface area (Å²) in [5.41, 5.74) is 1.80. The first-order chi connectivity index (χ1) is 11.8. The number of nitrogens with zero attached hydrogens (tertiary/aromatic N) is 1. The molecule has 3 heterocycles. The summed E-state index contributed by atoms with van der Waals surface area (Å²) in [7, 11) is 0. The first-order valence-corrected chi connectivity index (χ1v) is 8.77. The normalized spacial score (nSPS) is 24.0. The Balaban J connectivity index is 1.48. The van der Waals surface area contributed by atoms with Crippen LogP contribution in [0.25, 0.3) is 17.1 Å². The van der Waals surface area contributed by atoms with Gasteiger partial charge in [-0.1, -0.05) is 25.7 Å². The van der Waals surface area contributed by atoms with E-state index >= 15 is 0 Å². The van der Waals surface area contributed by atoms with Crippen molar-refractivity contribution in [2.75, 3.05) is 0 Å². The van der Waals surface area contributed by atoms with Crippen LogP contribution >= 0.6 is 0 Å². The van der Waals surface area contributed by atoms with Crippen LogP contribution in [-0.4, -0.2) is 27.2 Å². The van der Waals surface area contributed by atoms with Gasteiger partial charge in [-0.15, -0.1) is 0 Å². The molecule has 0 spiro atoms. The van der Waals surface area contributed by atoms with E-state index in [0.29, 0.717) is 17.7 Å². The number of H-pyrrole nitrogens is 1. The first kappa shape index (κ1) is 15.3. The molecule has 4 rings (SSSR count). The summed E-state index contributed by atoms with van der Waals surface area (Å²) >= 11 is 0. The Labute approximate surface area is 141 Å². The molecule has 24 heavy (non-hydrogen) atoms. The van der Waals surface area contributed by atoms with Gasteiger partial charge >= 0.3 is 0 Å². The van der Waals surface area contributed by atoms with Gasteiger partial charge in [0.25, 0.3) is 0 Å². The number of hydrogen-bond acceptors (Lipinski definition) is 4. The van der Waals surface area contributed by atoms with Crippen LogP contribution in [0, 0.1) is 0 Å². The van der Waals surface area contributed by atoms with Gasteiger partial charge in [0, 0.05) is 35.5 Å². The molecule has 0 aromatic carbocycles. The van der Waals surface area contributed by atoms with Crippen LogP contribution in [-0.2, 0) is 4.74 Å². The van der Waals surface area contributed by atoms with Gasteiger partial charge in [-0.2, -0.15) is 0 Å². The first-order valence-electron chi connectivity index (χ1n) is 8.77. The quantitative estimate of drug-likeness (QED) is 0.756. The lowest BCUT2D eigenvalue weighted by Gasteiger charge is -2.17. The van der Waals surface area contributed by atoms with E-state index < -0.39 is 6.10 Å². The van der Waals surface area contributed by atoms with Crippen LogP contribution in [0.5, 0.6) is 0 Å². The highest BCUT2D eigenvalue weighted by Crippen LogP contribution is 2.27. The SMILES string of the molecule is OC1C=C(NC2CCCCCC2)O/C1=C\c1c[nH]c2ncccc12. The molecule has 126 valence electrons. The van der Waals surface area contributed by atoms with E-state index in [1.807, 2.05) is 24.4 Å². The maximum atomic E-state index is 10.3. The van der Waals surface area contributed by atoms with Gasteiger partial charge in [0.05, 0.1) is 0 Å². The molecule has 0 radical (unpaired) electrons. The van der Waals surface area contributed by atoms with E-state index in [4.69, 9.17) is 4.74 Å². The highest BCUT2D eigenvalue weighted by atomic mass is 16.5. The van der Waals surface area contributed by atoms with Crippen molar-refractivity contribution in [1.82, 2.24) is 15.3 Å². The fraction of sp³-hybridized carbons (Fsp3) is 0.421. The van der Waals surface area contributed by atoms with Crippen molar-refractivity contribution in [3.8, 4) is 0 Å². The average molecular weight is 325 g/mol. The van der Waals surface area contributed by atoms with Crippen LogP contribution in [0.3, 0.4) is 0 Å². The molecule has 1 aliphatic carbocycles. The molecule has 0 amide bonds. The summed E-state index contributed by atoms with van der Waals surface area (Å²) in [6.07, 6.45) is 14.1. The number of rotatable bonds is 3. The molecule has 1 aliphatic heterocycles. The zero-order valence-electron chi connectivity index (χ0n) is 13.7. The number of aliphatic hydroxyl groups is 1. The Bertz CT molecular complexity index is 770. The van der Waals surface area contributed by atoms with E-state index in [1.54, 1.807) is 12.3 Å². The maximum Gasteiger partial charge on any atom is 0.192 e. The molecular formula is C19H23N3O2. The van der Waals surface area contributed by atoms with E-state index in [9.17, 15) is 5.11 Å². The van der Waals surface area contributed by atoms with Crippen molar-refractivity contribution in [3.05, 3.63) is 47.8 Å². The minimum absolute atomic E-state index is 0.447. The van der Waals surface area contributed by atoms with Crippen LogP contribution in [0.2, 0.25) is 0 Å². The Morgan fingerprint density at radius 3 is 2.92 bits per heavy atom. The summed E-state index contributed by atoms with van der Waals surface area (Å²) in [6.45, 7) is 0. The molecule has 2 aromatic heterocycles. The molecule has 2 aromatic rings. The second-order valence-electron chi connectivity index (χ2n) is 6.60. The topological polar surface area (TPSA) is 70.2 Å². The summed E-state index contributed by atoms with van der Waals surface area (Å²) in [5, 5.41) is 14.8. The summed E-state index contributed by atoms with van der Waals surface area (Å²) < 4.78 is 5.87. The zero-order chi connectivity index (χ0) is 16.4. The molecule has 5 heteroatoms. The fourth-order valence-electron chi connectivity index (χ4n) is 3.51. The third-order valence-electron chi connectivity index (χ3n) is 4.81. The lowest BCUT2D eigenvalue weighted by molar-refractivity contribution is 0.194. The summed E-state index contributed by atoms with van der Waals surface area (Å²) in [6, 6.07) is 4.36. The third-order valence-corrected chi connectivity index (χ3v) is 4.81. The second-order valence-corrected chi connectivity index (χ2v) is 6.60. The second kappa shape index (κ2) is 6.69. The Hall–Kier alpha value is -2.27. The molecule has 1 unspecified atom stereocenters. The van der Waals surface area contributed by atoms with Crippen LogP contribution in [0.15, 0.2) is 42.2 Å².